The van der Waals surface area contributed by atoms with E-state index in [-0.39, 0.29) is 17.7 Å². The highest BCUT2D eigenvalue weighted by atomic mass is 16.6. The largest absolute Gasteiger partial charge is 0.493 e. The van der Waals surface area contributed by atoms with Crippen LogP contribution < -0.4 is 14.8 Å². The van der Waals surface area contributed by atoms with E-state index in [9.17, 15) is 4.79 Å². The number of fused-ring (bicyclic) bond motifs is 3. The summed E-state index contributed by atoms with van der Waals surface area (Å²) in [5.74, 6) is 1.54. The average Bonchev–Trinajstić information content (AvgIpc) is 2.93. The molecule has 1 spiro atoms. The molecule has 1 amide bonds. The SMILES string of the molecule is COc1cc2c(cc1OC)[C@@H]1C[C@@]3(CCN1CC2)CNC(=O)O3. The Kier molecular flexibility index (Phi) is 3.37. The number of amides is 1. The smallest absolute Gasteiger partial charge is 0.407 e. The first-order valence-electron chi connectivity index (χ1n) is 8.10. The van der Waals surface area contributed by atoms with Crippen LogP contribution in [-0.2, 0) is 11.2 Å². The molecular formula is C17H22N2O4. The van der Waals surface area contributed by atoms with Gasteiger partial charge in [0.2, 0.25) is 0 Å². The van der Waals surface area contributed by atoms with E-state index in [2.05, 4.69) is 22.3 Å². The van der Waals surface area contributed by atoms with Gasteiger partial charge in [-0.25, -0.2) is 4.79 Å². The number of hydrogen-bond donors (Lipinski definition) is 1. The minimum atomic E-state index is -0.361. The first-order chi connectivity index (χ1) is 11.1. The fourth-order valence-electron chi connectivity index (χ4n) is 4.14. The van der Waals surface area contributed by atoms with Gasteiger partial charge in [-0.1, -0.05) is 0 Å². The number of piperidine rings is 1. The molecule has 6 heteroatoms. The van der Waals surface area contributed by atoms with Crippen molar-refractivity contribution < 1.29 is 19.0 Å². The molecule has 1 N–H and O–H groups in total. The molecule has 2 saturated heterocycles. The molecule has 1 aromatic carbocycles. The van der Waals surface area contributed by atoms with Gasteiger partial charge in [-0.15, -0.1) is 0 Å². The number of nitrogens with zero attached hydrogens (tertiary/aromatic N) is 1. The van der Waals surface area contributed by atoms with Crippen LogP contribution in [0.3, 0.4) is 0 Å². The molecule has 3 aliphatic rings. The Hall–Kier alpha value is -1.95. The lowest BCUT2D eigenvalue weighted by Gasteiger charge is -2.46. The number of methoxy groups -OCH3 is 2. The van der Waals surface area contributed by atoms with Crippen molar-refractivity contribution in [3.05, 3.63) is 23.3 Å². The molecule has 3 heterocycles. The molecule has 2 fully saturated rings. The second-order valence-electron chi connectivity index (χ2n) is 6.59. The zero-order valence-corrected chi connectivity index (χ0v) is 13.6. The van der Waals surface area contributed by atoms with Crippen LogP contribution in [0.15, 0.2) is 12.1 Å². The molecule has 0 aliphatic carbocycles. The fraction of sp³-hybridized carbons (Fsp3) is 0.588. The maximum absolute atomic E-state index is 11.5. The van der Waals surface area contributed by atoms with E-state index in [0.717, 1.165) is 43.9 Å². The van der Waals surface area contributed by atoms with Crippen LogP contribution in [0.4, 0.5) is 4.79 Å². The van der Waals surface area contributed by atoms with Crippen LogP contribution in [0.25, 0.3) is 0 Å². The van der Waals surface area contributed by atoms with Crippen molar-refractivity contribution in [1.29, 1.82) is 0 Å². The number of ether oxygens (including phenoxy) is 3. The van der Waals surface area contributed by atoms with Gasteiger partial charge in [0.25, 0.3) is 0 Å². The molecule has 124 valence electrons. The molecule has 0 saturated carbocycles. The third kappa shape index (κ3) is 2.32. The number of rotatable bonds is 2. The van der Waals surface area contributed by atoms with Crippen LogP contribution in [0, 0.1) is 0 Å². The van der Waals surface area contributed by atoms with Gasteiger partial charge < -0.3 is 19.5 Å². The Bertz CT molecular complexity index is 648. The van der Waals surface area contributed by atoms with Crippen LogP contribution in [0.2, 0.25) is 0 Å². The molecule has 23 heavy (non-hydrogen) atoms. The van der Waals surface area contributed by atoms with Gasteiger partial charge in [0.05, 0.1) is 20.8 Å². The van der Waals surface area contributed by atoms with Crippen molar-refractivity contribution in [3.8, 4) is 11.5 Å². The molecule has 4 rings (SSSR count). The molecule has 1 aromatic rings. The molecule has 0 unspecified atom stereocenters. The summed E-state index contributed by atoms with van der Waals surface area (Å²) in [7, 11) is 3.33. The van der Waals surface area contributed by atoms with Crippen molar-refractivity contribution in [2.24, 2.45) is 0 Å². The van der Waals surface area contributed by atoms with Crippen molar-refractivity contribution in [2.45, 2.75) is 30.9 Å². The highest BCUT2D eigenvalue weighted by molar-refractivity contribution is 5.70. The molecule has 0 radical (unpaired) electrons. The Morgan fingerprint density at radius 1 is 1.26 bits per heavy atom. The predicted octanol–water partition coefficient (Wildman–Crippen LogP) is 1.88. The highest BCUT2D eigenvalue weighted by Crippen LogP contribution is 2.45. The number of carbonyl (C=O) groups excluding carboxylic acids is 1. The molecule has 6 nitrogen and oxygen atoms in total. The highest BCUT2D eigenvalue weighted by Gasteiger charge is 2.48. The summed E-state index contributed by atoms with van der Waals surface area (Å²) >= 11 is 0. The number of nitrogens with one attached hydrogen (secondary N) is 1. The van der Waals surface area contributed by atoms with Gasteiger partial charge in [0, 0.05) is 32.0 Å². The quantitative estimate of drug-likeness (QED) is 0.902. The third-order valence-electron chi connectivity index (χ3n) is 5.40. The monoisotopic (exact) mass is 318 g/mol. The summed E-state index contributed by atoms with van der Waals surface area (Å²) in [6.45, 7) is 2.59. The Labute approximate surface area is 135 Å². The molecule has 0 bridgehead atoms. The number of hydrogen-bond acceptors (Lipinski definition) is 5. The topological polar surface area (TPSA) is 60.0 Å². The Balaban J connectivity index is 1.70. The van der Waals surface area contributed by atoms with E-state index in [4.69, 9.17) is 14.2 Å². The van der Waals surface area contributed by atoms with Gasteiger partial charge in [0.15, 0.2) is 11.5 Å². The van der Waals surface area contributed by atoms with Crippen LogP contribution in [0.1, 0.15) is 30.0 Å². The zero-order chi connectivity index (χ0) is 16.0. The van der Waals surface area contributed by atoms with Crippen LogP contribution in [-0.4, -0.2) is 50.4 Å². The van der Waals surface area contributed by atoms with Gasteiger partial charge in [-0.3, -0.25) is 4.90 Å². The fourth-order valence-corrected chi connectivity index (χ4v) is 4.14. The minimum Gasteiger partial charge on any atom is -0.493 e. The summed E-state index contributed by atoms with van der Waals surface area (Å²) in [4.78, 5) is 14.0. The maximum Gasteiger partial charge on any atom is 0.407 e. The van der Waals surface area contributed by atoms with E-state index in [1.807, 2.05) is 0 Å². The average molecular weight is 318 g/mol. The lowest BCUT2D eigenvalue weighted by Crippen LogP contribution is -2.50. The third-order valence-corrected chi connectivity index (χ3v) is 5.40. The Morgan fingerprint density at radius 3 is 2.74 bits per heavy atom. The number of carbonyl (C=O) groups is 1. The first kappa shape index (κ1) is 14.6. The summed E-state index contributed by atoms with van der Waals surface area (Å²) in [6.07, 6.45) is 2.44. The van der Waals surface area contributed by atoms with E-state index < -0.39 is 0 Å². The number of alkyl carbamates (subject to hydrolysis) is 1. The van der Waals surface area contributed by atoms with E-state index in [1.165, 1.54) is 11.1 Å². The van der Waals surface area contributed by atoms with Gasteiger partial charge in [-0.2, -0.15) is 0 Å². The van der Waals surface area contributed by atoms with Crippen LogP contribution in [0.5, 0.6) is 11.5 Å². The standard InChI is InChI=1S/C17H22N2O4/c1-21-14-7-11-3-5-19-6-4-17(10-18-16(20)23-17)9-13(19)12(11)8-15(14)22-2/h7-8,13H,3-6,9-10H2,1-2H3,(H,18,20)/t13-,17-/m0/s1. The van der Waals surface area contributed by atoms with Crippen molar-refractivity contribution in [1.82, 2.24) is 10.2 Å². The first-order valence-corrected chi connectivity index (χ1v) is 8.10. The second kappa shape index (κ2) is 5.30. The van der Waals surface area contributed by atoms with Crippen molar-refractivity contribution in [3.63, 3.8) is 0 Å². The van der Waals surface area contributed by atoms with E-state index in [1.54, 1.807) is 14.2 Å². The summed E-state index contributed by atoms with van der Waals surface area (Å²) in [5.41, 5.74) is 2.22. The number of benzene rings is 1. The zero-order valence-electron chi connectivity index (χ0n) is 13.6. The molecule has 0 aromatic heterocycles. The van der Waals surface area contributed by atoms with E-state index in [0.29, 0.717) is 6.54 Å². The normalized spacial score (nSPS) is 29.5. The van der Waals surface area contributed by atoms with Crippen molar-refractivity contribution >= 4 is 6.09 Å². The van der Waals surface area contributed by atoms with Crippen molar-refractivity contribution in [2.75, 3.05) is 33.9 Å². The van der Waals surface area contributed by atoms with E-state index >= 15 is 0 Å². The summed E-state index contributed by atoms with van der Waals surface area (Å²) in [6, 6.07) is 4.44. The maximum atomic E-state index is 11.5. The minimum absolute atomic E-state index is 0.264. The van der Waals surface area contributed by atoms with Gasteiger partial charge in [0.1, 0.15) is 5.60 Å². The lowest BCUT2D eigenvalue weighted by molar-refractivity contribution is -0.0296. The molecule has 2 atom stereocenters. The summed E-state index contributed by atoms with van der Waals surface area (Å²) < 4.78 is 16.5. The second-order valence-corrected chi connectivity index (χ2v) is 6.59. The predicted molar refractivity (Wildman–Crippen MR) is 84.0 cm³/mol. The van der Waals surface area contributed by atoms with Crippen LogP contribution >= 0.6 is 0 Å². The van der Waals surface area contributed by atoms with Gasteiger partial charge >= 0.3 is 6.09 Å². The molecule has 3 aliphatic heterocycles. The molecular weight excluding hydrogens is 296 g/mol. The van der Waals surface area contributed by atoms with Gasteiger partial charge in [-0.05, 0) is 29.7 Å². The Morgan fingerprint density at radius 2 is 2.04 bits per heavy atom. The lowest BCUT2D eigenvalue weighted by atomic mass is 9.79. The summed E-state index contributed by atoms with van der Waals surface area (Å²) in [5, 5.41) is 2.82.